The van der Waals surface area contributed by atoms with Gasteiger partial charge in [-0.25, -0.2) is 0 Å². The van der Waals surface area contributed by atoms with Gasteiger partial charge in [-0.2, -0.15) is 0 Å². The van der Waals surface area contributed by atoms with Crippen LogP contribution in [0.1, 0.15) is 40.7 Å². The fourth-order valence-corrected chi connectivity index (χ4v) is 4.35. The third-order valence-corrected chi connectivity index (χ3v) is 5.95. The minimum Gasteiger partial charge on any atom is -0.322 e. The second-order valence-electron chi connectivity index (χ2n) is 7.22. The van der Waals surface area contributed by atoms with E-state index in [4.69, 9.17) is 23.2 Å². The van der Waals surface area contributed by atoms with Gasteiger partial charge in [-0.1, -0.05) is 35.7 Å². The molecule has 136 valence electrons. The second kappa shape index (κ2) is 7.59. The smallest absolute Gasteiger partial charge is 0.255 e. The largest absolute Gasteiger partial charge is 0.322 e. The number of benzene rings is 2. The fraction of sp³-hybridized carbons (Fsp3) is 0.381. The van der Waals surface area contributed by atoms with Gasteiger partial charge >= 0.3 is 0 Å². The van der Waals surface area contributed by atoms with Gasteiger partial charge in [0.05, 0.1) is 0 Å². The van der Waals surface area contributed by atoms with Crippen LogP contribution in [0.4, 0.5) is 5.69 Å². The molecule has 0 atom stereocenters. The van der Waals surface area contributed by atoms with Gasteiger partial charge in [0, 0.05) is 40.4 Å². The maximum absolute atomic E-state index is 12.5. The van der Waals surface area contributed by atoms with Crippen LogP contribution in [0.2, 0.25) is 10.0 Å². The molecule has 4 rings (SSSR count). The van der Waals surface area contributed by atoms with Crippen molar-refractivity contribution >= 4 is 34.8 Å². The van der Waals surface area contributed by atoms with Crippen molar-refractivity contribution in [2.45, 2.75) is 38.1 Å². The molecule has 0 bridgehead atoms. The predicted octanol–water partition coefficient (Wildman–Crippen LogP) is 5.20. The molecule has 0 radical (unpaired) electrons. The van der Waals surface area contributed by atoms with Gasteiger partial charge in [-0.3, -0.25) is 9.69 Å². The Balaban J connectivity index is 1.47. The summed E-state index contributed by atoms with van der Waals surface area (Å²) in [5.41, 5.74) is 4.03. The molecule has 5 heteroatoms. The molecule has 2 aliphatic rings. The second-order valence-corrected chi connectivity index (χ2v) is 8.09. The molecule has 0 aromatic heterocycles. The number of nitrogens with zero attached hydrogens (tertiary/aromatic N) is 1. The van der Waals surface area contributed by atoms with E-state index in [0.29, 0.717) is 15.6 Å². The number of hydrogen-bond donors (Lipinski definition) is 1. The SMILES string of the molecule is O=C(Nc1ccc2c(c1)CCN(C1CCC1)CC2)c1cc(Cl)cc(Cl)c1. The molecule has 2 aromatic carbocycles. The van der Waals surface area contributed by atoms with Crippen LogP contribution < -0.4 is 5.32 Å². The average Bonchev–Trinajstić information content (AvgIpc) is 2.75. The first-order chi connectivity index (χ1) is 12.6. The molecule has 1 fully saturated rings. The van der Waals surface area contributed by atoms with E-state index in [2.05, 4.69) is 22.3 Å². The highest BCUT2D eigenvalue weighted by atomic mass is 35.5. The van der Waals surface area contributed by atoms with Crippen LogP contribution in [-0.4, -0.2) is 29.9 Å². The van der Waals surface area contributed by atoms with Gasteiger partial charge in [0.15, 0.2) is 0 Å². The Labute approximate surface area is 164 Å². The van der Waals surface area contributed by atoms with Gasteiger partial charge in [0.25, 0.3) is 5.91 Å². The van der Waals surface area contributed by atoms with Crippen LogP contribution in [0.15, 0.2) is 36.4 Å². The zero-order chi connectivity index (χ0) is 18.1. The first kappa shape index (κ1) is 17.8. The van der Waals surface area contributed by atoms with Crippen LogP contribution in [-0.2, 0) is 12.8 Å². The lowest BCUT2D eigenvalue weighted by atomic mass is 9.91. The molecule has 1 N–H and O–H groups in total. The summed E-state index contributed by atoms with van der Waals surface area (Å²) < 4.78 is 0. The Kier molecular flexibility index (Phi) is 5.21. The quantitative estimate of drug-likeness (QED) is 0.783. The van der Waals surface area contributed by atoms with E-state index in [9.17, 15) is 4.79 Å². The Morgan fingerprint density at radius 3 is 2.31 bits per heavy atom. The summed E-state index contributed by atoms with van der Waals surface area (Å²) in [5.74, 6) is -0.195. The number of anilines is 1. The van der Waals surface area contributed by atoms with Gasteiger partial charge < -0.3 is 5.32 Å². The Morgan fingerprint density at radius 1 is 0.962 bits per heavy atom. The summed E-state index contributed by atoms with van der Waals surface area (Å²) in [7, 11) is 0. The van der Waals surface area contributed by atoms with Crippen molar-refractivity contribution in [2.75, 3.05) is 18.4 Å². The fourth-order valence-electron chi connectivity index (χ4n) is 3.83. The van der Waals surface area contributed by atoms with Crippen LogP contribution in [0, 0.1) is 0 Å². The van der Waals surface area contributed by atoms with E-state index in [1.165, 1.54) is 30.4 Å². The summed E-state index contributed by atoms with van der Waals surface area (Å²) in [4.78, 5) is 15.1. The normalized spacial score (nSPS) is 17.9. The zero-order valence-corrected chi connectivity index (χ0v) is 16.1. The van der Waals surface area contributed by atoms with E-state index in [1.807, 2.05) is 6.07 Å². The molecule has 0 unspecified atom stereocenters. The Hall–Kier alpha value is -1.55. The maximum atomic E-state index is 12.5. The monoisotopic (exact) mass is 388 g/mol. The van der Waals surface area contributed by atoms with Crippen LogP contribution in [0.25, 0.3) is 0 Å². The van der Waals surface area contributed by atoms with Gasteiger partial charge in [-0.15, -0.1) is 0 Å². The lowest BCUT2D eigenvalue weighted by Gasteiger charge is -2.36. The van der Waals surface area contributed by atoms with E-state index in [1.54, 1.807) is 18.2 Å². The van der Waals surface area contributed by atoms with Gasteiger partial charge in [-0.05, 0) is 67.1 Å². The van der Waals surface area contributed by atoms with Crippen molar-refractivity contribution in [2.24, 2.45) is 0 Å². The van der Waals surface area contributed by atoms with Gasteiger partial charge in [0.1, 0.15) is 0 Å². The lowest BCUT2D eigenvalue weighted by Crippen LogP contribution is -2.41. The van der Waals surface area contributed by atoms with Crippen molar-refractivity contribution in [3.05, 3.63) is 63.1 Å². The molecule has 1 amide bonds. The molecule has 3 nitrogen and oxygen atoms in total. The van der Waals surface area contributed by atoms with E-state index >= 15 is 0 Å². The summed E-state index contributed by atoms with van der Waals surface area (Å²) in [5, 5.41) is 3.89. The van der Waals surface area contributed by atoms with Crippen molar-refractivity contribution in [3.8, 4) is 0 Å². The average molecular weight is 389 g/mol. The number of hydrogen-bond acceptors (Lipinski definition) is 2. The van der Waals surface area contributed by atoms with Crippen molar-refractivity contribution < 1.29 is 4.79 Å². The highest BCUT2D eigenvalue weighted by Gasteiger charge is 2.26. The summed E-state index contributed by atoms with van der Waals surface area (Å²) >= 11 is 12.0. The lowest BCUT2D eigenvalue weighted by molar-refractivity contribution is 0.102. The van der Waals surface area contributed by atoms with Gasteiger partial charge in [0.2, 0.25) is 0 Å². The molecule has 1 saturated carbocycles. The molecular weight excluding hydrogens is 367 g/mol. The van der Waals surface area contributed by atoms with Crippen molar-refractivity contribution in [3.63, 3.8) is 0 Å². The number of rotatable bonds is 3. The highest BCUT2D eigenvalue weighted by molar-refractivity contribution is 6.35. The molecule has 1 heterocycles. The van der Waals surface area contributed by atoms with E-state index < -0.39 is 0 Å². The third kappa shape index (κ3) is 3.90. The first-order valence-corrected chi connectivity index (χ1v) is 9.97. The van der Waals surface area contributed by atoms with Crippen molar-refractivity contribution in [1.82, 2.24) is 4.90 Å². The molecule has 2 aromatic rings. The number of nitrogens with one attached hydrogen (secondary N) is 1. The van der Waals surface area contributed by atoms with Crippen LogP contribution >= 0.6 is 23.2 Å². The maximum Gasteiger partial charge on any atom is 0.255 e. The molecule has 0 saturated heterocycles. The third-order valence-electron chi connectivity index (χ3n) is 5.52. The molecule has 0 spiro atoms. The number of halogens is 2. The zero-order valence-electron chi connectivity index (χ0n) is 14.6. The van der Waals surface area contributed by atoms with E-state index in [-0.39, 0.29) is 5.91 Å². The standard InChI is InChI=1S/C21H22Cl2N2O/c22-17-10-16(11-18(23)13-17)21(26)24-19-5-4-14-6-8-25(20-2-1-3-20)9-7-15(14)12-19/h4-5,10-13,20H,1-3,6-9H2,(H,24,26). The molecule has 1 aliphatic carbocycles. The van der Waals surface area contributed by atoms with E-state index in [0.717, 1.165) is 37.7 Å². The molecule has 26 heavy (non-hydrogen) atoms. The molecule has 1 aliphatic heterocycles. The number of fused-ring (bicyclic) bond motifs is 1. The first-order valence-electron chi connectivity index (χ1n) is 9.22. The number of carbonyl (C=O) groups is 1. The molecular formula is C21H22Cl2N2O. The summed E-state index contributed by atoms with van der Waals surface area (Å²) in [6.07, 6.45) is 6.19. The Bertz CT molecular complexity index is 813. The topological polar surface area (TPSA) is 32.3 Å². The van der Waals surface area contributed by atoms with Crippen molar-refractivity contribution in [1.29, 1.82) is 0 Å². The van der Waals surface area contributed by atoms with Crippen LogP contribution in [0.5, 0.6) is 0 Å². The Morgan fingerprint density at radius 2 is 1.65 bits per heavy atom. The predicted molar refractivity (Wildman–Crippen MR) is 107 cm³/mol. The minimum absolute atomic E-state index is 0.195. The summed E-state index contributed by atoms with van der Waals surface area (Å²) in [6.45, 7) is 2.25. The van der Waals surface area contributed by atoms with Crippen LogP contribution in [0.3, 0.4) is 0 Å². The minimum atomic E-state index is -0.195. The highest BCUT2D eigenvalue weighted by Crippen LogP contribution is 2.28. The number of amides is 1. The number of carbonyl (C=O) groups excluding carboxylic acids is 1. The summed E-state index contributed by atoms with van der Waals surface area (Å²) in [6, 6.07) is 11.9.